The summed E-state index contributed by atoms with van der Waals surface area (Å²) in [6.45, 7) is 3.98. The van der Waals surface area contributed by atoms with Gasteiger partial charge in [-0.3, -0.25) is 0 Å². The molecule has 0 bridgehead atoms. The van der Waals surface area contributed by atoms with Gasteiger partial charge in [0, 0.05) is 42.5 Å². The van der Waals surface area contributed by atoms with Crippen LogP contribution in [0.2, 0.25) is 0 Å². The van der Waals surface area contributed by atoms with Gasteiger partial charge in [0.05, 0.1) is 12.3 Å². The number of nitrogens with one attached hydrogen (secondary N) is 1. The van der Waals surface area contributed by atoms with Crippen LogP contribution in [-0.2, 0) is 0 Å². The van der Waals surface area contributed by atoms with Crippen LogP contribution in [-0.4, -0.2) is 49.4 Å². The van der Waals surface area contributed by atoms with E-state index in [0.717, 1.165) is 38.4 Å². The maximum Gasteiger partial charge on any atom is 0.488 e. The highest BCUT2D eigenvalue weighted by Gasteiger charge is 2.28. The molecule has 1 atom stereocenters. The highest BCUT2D eigenvalue weighted by Crippen LogP contribution is 2.42. The molecule has 1 aromatic heterocycles. The van der Waals surface area contributed by atoms with Gasteiger partial charge in [0.25, 0.3) is 0 Å². The lowest BCUT2D eigenvalue weighted by Gasteiger charge is -2.36. The molecule has 3 aromatic rings. The molecular weight excluding hydrogens is 383 g/mol. The Kier molecular flexibility index (Phi) is 6.51. The van der Waals surface area contributed by atoms with E-state index < -0.39 is 7.12 Å². The predicted molar refractivity (Wildman–Crippen MR) is 120 cm³/mol. The van der Waals surface area contributed by atoms with Gasteiger partial charge >= 0.3 is 7.12 Å². The zero-order valence-corrected chi connectivity index (χ0v) is 17.0. The smallest absolute Gasteiger partial charge is 0.488 e. The van der Waals surface area contributed by atoms with Gasteiger partial charge in [-0.15, -0.1) is 11.3 Å². The van der Waals surface area contributed by atoms with Crippen molar-refractivity contribution < 1.29 is 14.8 Å². The fourth-order valence-corrected chi connectivity index (χ4v) is 4.54. The Morgan fingerprint density at radius 2 is 1.90 bits per heavy atom. The summed E-state index contributed by atoms with van der Waals surface area (Å²) >= 11 is 1.77. The summed E-state index contributed by atoms with van der Waals surface area (Å²) in [6.07, 6.45) is 1.09. The number of thiophene rings is 1. The normalized spacial score (nSPS) is 17.7. The van der Waals surface area contributed by atoms with Gasteiger partial charge in [-0.2, -0.15) is 0 Å². The van der Waals surface area contributed by atoms with Gasteiger partial charge in [0.2, 0.25) is 0 Å². The number of fused-ring (bicyclic) bond motifs is 3. The molecule has 1 fully saturated rings. The lowest BCUT2D eigenvalue weighted by molar-refractivity contribution is 0.305. The molecule has 1 saturated heterocycles. The number of ether oxygens (including phenoxy) is 1. The minimum Gasteiger partial charge on any atom is -0.491 e. The monoisotopic (exact) mass is 408 g/mol. The summed E-state index contributed by atoms with van der Waals surface area (Å²) in [4.78, 5) is 3.81. The van der Waals surface area contributed by atoms with Crippen LogP contribution in [0.5, 0.6) is 5.75 Å². The number of hydrogen-bond acceptors (Lipinski definition) is 6. The Balaban J connectivity index is 0.000000192. The molecule has 0 spiro atoms. The summed E-state index contributed by atoms with van der Waals surface area (Å²) < 4.78 is 6.13. The topological polar surface area (TPSA) is 65.0 Å². The van der Waals surface area contributed by atoms with Crippen LogP contribution in [0.15, 0.2) is 66.0 Å². The molecule has 7 heteroatoms. The van der Waals surface area contributed by atoms with E-state index >= 15 is 0 Å². The second-order valence-electron chi connectivity index (χ2n) is 7.10. The van der Waals surface area contributed by atoms with Gasteiger partial charge in [-0.05, 0) is 29.0 Å². The van der Waals surface area contributed by atoms with Crippen LogP contribution in [0.1, 0.15) is 6.42 Å². The first-order valence-electron chi connectivity index (χ1n) is 9.92. The number of benzene rings is 2. The zero-order chi connectivity index (χ0) is 20.1. The third-order valence-electron chi connectivity index (χ3n) is 5.24. The van der Waals surface area contributed by atoms with Crippen LogP contribution < -0.4 is 20.4 Å². The Labute approximate surface area is 175 Å². The van der Waals surface area contributed by atoms with Crippen molar-refractivity contribution in [1.29, 1.82) is 0 Å². The van der Waals surface area contributed by atoms with Crippen molar-refractivity contribution in [2.24, 2.45) is 0 Å². The average molecular weight is 408 g/mol. The van der Waals surface area contributed by atoms with Gasteiger partial charge in [-0.25, -0.2) is 0 Å². The number of nitrogens with zero attached hydrogens (tertiary/aromatic N) is 1. The largest absolute Gasteiger partial charge is 0.491 e. The number of rotatable bonds is 2. The maximum absolute atomic E-state index is 8.58. The molecule has 5 nitrogen and oxygen atoms in total. The molecule has 0 saturated carbocycles. The van der Waals surface area contributed by atoms with E-state index in [4.69, 9.17) is 14.8 Å². The SMILES string of the molecule is OB(O)c1ccccc1.c1csc(-c2cccc3c2OCC[C@H]2CNCCN32)c1. The van der Waals surface area contributed by atoms with E-state index in [1.165, 1.54) is 16.1 Å². The predicted octanol–water partition coefficient (Wildman–Crippen LogP) is 2.34. The summed E-state index contributed by atoms with van der Waals surface area (Å²) in [5, 5.41) is 22.8. The van der Waals surface area contributed by atoms with Gasteiger partial charge in [0.1, 0.15) is 0 Å². The molecule has 0 unspecified atom stereocenters. The maximum atomic E-state index is 8.58. The van der Waals surface area contributed by atoms with Crippen molar-refractivity contribution >= 4 is 29.6 Å². The molecule has 2 aliphatic heterocycles. The quantitative estimate of drug-likeness (QED) is 0.569. The second-order valence-corrected chi connectivity index (χ2v) is 8.05. The second kappa shape index (κ2) is 9.46. The summed E-state index contributed by atoms with van der Waals surface area (Å²) in [6, 6.07) is 20.0. The first-order chi connectivity index (χ1) is 14.2. The summed E-state index contributed by atoms with van der Waals surface area (Å²) in [5.74, 6) is 1.07. The van der Waals surface area contributed by atoms with Crippen LogP contribution in [0, 0.1) is 0 Å². The average Bonchev–Trinajstić information content (AvgIpc) is 3.23. The van der Waals surface area contributed by atoms with E-state index in [2.05, 4.69) is 45.9 Å². The van der Waals surface area contributed by atoms with E-state index in [-0.39, 0.29) is 0 Å². The van der Waals surface area contributed by atoms with Gasteiger partial charge < -0.3 is 25.0 Å². The third-order valence-corrected chi connectivity index (χ3v) is 6.14. The minimum atomic E-state index is -1.34. The van der Waals surface area contributed by atoms with E-state index in [1.807, 2.05) is 6.07 Å². The summed E-state index contributed by atoms with van der Waals surface area (Å²) in [5.41, 5.74) is 3.02. The van der Waals surface area contributed by atoms with Gasteiger partial charge in [0.15, 0.2) is 5.75 Å². The molecule has 29 heavy (non-hydrogen) atoms. The van der Waals surface area contributed by atoms with Crippen molar-refractivity contribution in [2.75, 3.05) is 31.1 Å². The van der Waals surface area contributed by atoms with Crippen LogP contribution >= 0.6 is 11.3 Å². The van der Waals surface area contributed by atoms with Crippen molar-refractivity contribution in [3.63, 3.8) is 0 Å². The fourth-order valence-electron chi connectivity index (χ4n) is 3.79. The Morgan fingerprint density at radius 3 is 2.62 bits per heavy atom. The zero-order valence-electron chi connectivity index (χ0n) is 16.2. The minimum absolute atomic E-state index is 0.525. The van der Waals surface area contributed by atoms with Crippen LogP contribution in [0.25, 0.3) is 10.4 Å². The van der Waals surface area contributed by atoms with E-state index in [0.29, 0.717) is 11.5 Å². The van der Waals surface area contributed by atoms with Crippen molar-refractivity contribution in [2.45, 2.75) is 12.5 Å². The van der Waals surface area contributed by atoms with Crippen LogP contribution in [0.3, 0.4) is 0 Å². The highest BCUT2D eigenvalue weighted by atomic mass is 32.1. The molecule has 3 N–H and O–H groups in total. The molecule has 2 aliphatic rings. The number of piperazine rings is 1. The van der Waals surface area contributed by atoms with E-state index in [1.54, 1.807) is 35.6 Å². The molecule has 0 aliphatic carbocycles. The Morgan fingerprint density at radius 1 is 1.03 bits per heavy atom. The van der Waals surface area contributed by atoms with Gasteiger partial charge in [-0.1, -0.05) is 42.5 Å². The number of hydrogen-bond donors (Lipinski definition) is 3. The molecule has 150 valence electrons. The fraction of sp³-hybridized carbons (Fsp3) is 0.273. The molecule has 0 amide bonds. The van der Waals surface area contributed by atoms with Crippen molar-refractivity contribution in [1.82, 2.24) is 5.32 Å². The molecule has 0 radical (unpaired) electrons. The summed E-state index contributed by atoms with van der Waals surface area (Å²) in [7, 11) is -1.34. The number of para-hydroxylation sites is 1. The van der Waals surface area contributed by atoms with Crippen LogP contribution in [0.4, 0.5) is 5.69 Å². The molecular formula is C22H25BN2O3S. The molecule has 5 rings (SSSR count). The highest BCUT2D eigenvalue weighted by molar-refractivity contribution is 7.13. The lowest BCUT2D eigenvalue weighted by Crippen LogP contribution is -2.51. The first kappa shape index (κ1) is 20.0. The lowest BCUT2D eigenvalue weighted by atomic mass is 9.81. The van der Waals surface area contributed by atoms with Crippen molar-refractivity contribution in [3.8, 4) is 16.2 Å². The third kappa shape index (κ3) is 4.65. The Hall–Kier alpha value is -2.32. The van der Waals surface area contributed by atoms with Crippen molar-refractivity contribution in [3.05, 3.63) is 66.0 Å². The van der Waals surface area contributed by atoms with E-state index in [9.17, 15) is 0 Å². The molecule has 3 heterocycles. The molecule has 2 aromatic carbocycles. The first-order valence-corrected chi connectivity index (χ1v) is 10.8. The Bertz CT molecular complexity index is 906. The number of anilines is 1. The standard InChI is InChI=1S/C16H18N2OS.C6H7BO2/c1-3-13(15-5-2-10-20-15)16-14(4-1)18-8-7-17-11-12(18)6-9-19-16;8-7(9)6-4-2-1-3-5-6/h1-5,10,12,17H,6-9,11H2;1-5,8-9H/t12-;/m0./s1.